The molecule has 2 amide bonds. The fourth-order valence-corrected chi connectivity index (χ4v) is 4.35. The standard InChI is InChI=1S/C25H26BrN3O4S/c1-4-5-10-21(30)28-19-12-11-16(14-20(19)32-2)27-25(34)29-24(31)18-13-15-8-6-7-9-17(15)22(26)23(18)33-3/h6-9,11-14H,4-5,10H2,1-3H3,(H,28,30)(H2,27,29,31,34). The molecule has 3 N–H and O–H groups in total. The van der Waals surface area contributed by atoms with Crippen molar-refractivity contribution in [3.63, 3.8) is 0 Å². The fraction of sp³-hybridized carbons (Fsp3) is 0.240. The first-order valence-corrected chi connectivity index (χ1v) is 11.9. The molecule has 0 heterocycles. The number of carbonyl (C=O) groups excluding carboxylic acids is 2. The molecule has 0 radical (unpaired) electrons. The van der Waals surface area contributed by atoms with Gasteiger partial charge in [0.25, 0.3) is 5.91 Å². The number of carbonyl (C=O) groups is 2. The van der Waals surface area contributed by atoms with Gasteiger partial charge in [-0.1, -0.05) is 37.6 Å². The molecule has 0 aromatic heterocycles. The lowest BCUT2D eigenvalue weighted by atomic mass is 10.1. The van der Waals surface area contributed by atoms with Crippen molar-refractivity contribution in [1.82, 2.24) is 5.32 Å². The minimum Gasteiger partial charge on any atom is -0.495 e. The number of nitrogens with one attached hydrogen (secondary N) is 3. The molecule has 34 heavy (non-hydrogen) atoms. The van der Waals surface area contributed by atoms with Crippen LogP contribution in [-0.4, -0.2) is 31.1 Å². The maximum absolute atomic E-state index is 13.0. The second-order valence-electron chi connectivity index (χ2n) is 7.47. The van der Waals surface area contributed by atoms with Crippen LogP contribution in [0.25, 0.3) is 10.8 Å². The molecule has 0 atom stereocenters. The third kappa shape index (κ3) is 6.03. The van der Waals surface area contributed by atoms with Crippen molar-refractivity contribution >= 4 is 67.2 Å². The van der Waals surface area contributed by atoms with Crippen LogP contribution in [0.3, 0.4) is 0 Å². The lowest BCUT2D eigenvalue weighted by Gasteiger charge is -2.16. The molecule has 9 heteroatoms. The number of amides is 2. The van der Waals surface area contributed by atoms with E-state index in [9.17, 15) is 9.59 Å². The number of unbranched alkanes of at least 4 members (excludes halogenated alkanes) is 1. The molecule has 3 aromatic carbocycles. The number of anilines is 2. The maximum atomic E-state index is 13.0. The lowest BCUT2D eigenvalue weighted by Crippen LogP contribution is -2.34. The molecule has 0 saturated carbocycles. The minimum atomic E-state index is -0.410. The van der Waals surface area contributed by atoms with E-state index in [0.29, 0.717) is 39.3 Å². The molecule has 0 aliphatic rings. The molecule has 0 spiro atoms. The van der Waals surface area contributed by atoms with Crippen molar-refractivity contribution in [2.75, 3.05) is 24.9 Å². The first-order valence-electron chi connectivity index (χ1n) is 10.7. The van der Waals surface area contributed by atoms with Gasteiger partial charge in [0.2, 0.25) is 5.91 Å². The van der Waals surface area contributed by atoms with Crippen molar-refractivity contribution in [2.45, 2.75) is 26.2 Å². The topological polar surface area (TPSA) is 88.7 Å². The van der Waals surface area contributed by atoms with E-state index in [1.807, 2.05) is 31.2 Å². The number of methoxy groups -OCH3 is 2. The Morgan fingerprint density at radius 3 is 2.50 bits per heavy atom. The quantitative estimate of drug-likeness (QED) is 0.307. The van der Waals surface area contributed by atoms with Gasteiger partial charge in [0.1, 0.15) is 11.5 Å². The number of thiocarbonyl (C=S) groups is 1. The zero-order valence-corrected chi connectivity index (χ0v) is 21.6. The van der Waals surface area contributed by atoms with Gasteiger partial charge < -0.3 is 20.1 Å². The van der Waals surface area contributed by atoms with Crippen LogP contribution in [0.2, 0.25) is 0 Å². The third-order valence-electron chi connectivity index (χ3n) is 5.11. The molecule has 3 aromatic rings. The monoisotopic (exact) mass is 543 g/mol. The Balaban J connectivity index is 1.73. The molecule has 0 saturated heterocycles. The maximum Gasteiger partial charge on any atom is 0.261 e. The minimum absolute atomic E-state index is 0.0702. The van der Waals surface area contributed by atoms with Gasteiger partial charge in [-0.05, 0) is 63.5 Å². The average molecular weight is 544 g/mol. The van der Waals surface area contributed by atoms with Crippen molar-refractivity contribution in [3.05, 3.63) is 58.6 Å². The summed E-state index contributed by atoms with van der Waals surface area (Å²) in [6, 6.07) is 14.6. The average Bonchev–Trinajstić information content (AvgIpc) is 2.83. The number of hydrogen-bond donors (Lipinski definition) is 3. The molecule has 7 nitrogen and oxygen atoms in total. The summed E-state index contributed by atoms with van der Waals surface area (Å²) >= 11 is 8.88. The summed E-state index contributed by atoms with van der Waals surface area (Å²) in [5.41, 5.74) is 1.51. The highest BCUT2D eigenvalue weighted by Gasteiger charge is 2.19. The van der Waals surface area contributed by atoms with Crippen molar-refractivity contribution in [2.24, 2.45) is 0 Å². The van der Waals surface area contributed by atoms with E-state index < -0.39 is 5.91 Å². The van der Waals surface area contributed by atoms with E-state index >= 15 is 0 Å². The van der Waals surface area contributed by atoms with Crippen LogP contribution in [0, 0.1) is 0 Å². The molecular formula is C25H26BrN3O4S. The first kappa shape index (κ1) is 25.5. The van der Waals surface area contributed by atoms with E-state index in [1.54, 1.807) is 24.3 Å². The predicted molar refractivity (Wildman–Crippen MR) is 143 cm³/mol. The van der Waals surface area contributed by atoms with Crippen LogP contribution < -0.4 is 25.4 Å². The molecule has 0 fully saturated rings. The molecular weight excluding hydrogens is 518 g/mol. The number of hydrogen-bond acceptors (Lipinski definition) is 5. The largest absolute Gasteiger partial charge is 0.495 e. The molecule has 0 bridgehead atoms. The van der Waals surface area contributed by atoms with Gasteiger partial charge in [-0.25, -0.2) is 0 Å². The van der Waals surface area contributed by atoms with Gasteiger partial charge in [0, 0.05) is 18.2 Å². The van der Waals surface area contributed by atoms with Crippen LogP contribution in [0.5, 0.6) is 11.5 Å². The van der Waals surface area contributed by atoms with E-state index in [-0.39, 0.29) is 11.0 Å². The molecule has 3 rings (SSSR count). The molecule has 0 unspecified atom stereocenters. The summed E-state index contributed by atoms with van der Waals surface area (Å²) in [6.07, 6.45) is 2.21. The van der Waals surface area contributed by atoms with Gasteiger partial charge in [-0.3, -0.25) is 14.9 Å². The van der Waals surface area contributed by atoms with Gasteiger partial charge in [-0.2, -0.15) is 0 Å². The summed E-state index contributed by atoms with van der Waals surface area (Å²) in [4.78, 5) is 25.0. The Kier molecular flexibility index (Phi) is 8.84. The number of ether oxygens (including phenoxy) is 2. The Labute approximate surface area is 212 Å². The number of benzene rings is 3. The smallest absolute Gasteiger partial charge is 0.261 e. The normalized spacial score (nSPS) is 10.5. The van der Waals surface area contributed by atoms with Crippen LogP contribution in [0.4, 0.5) is 11.4 Å². The summed E-state index contributed by atoms with van der Waals surface area (Å²) in [6.45, 7) is 2.03. The lowest BCUT2D eigenvalue weighted by molar-refractivity contribution is -0.116. The Hall–Kier alpha value is -3.17. The Morgan fingerprint density at radius 2 is 1.79 bits per heavy atom. The van der Waals surface area contributed by atoms with E-state index in [4.69, 9.17) is 21.7 Å². The highest BCUT2D eigenvalue weighted by atomic mass is 79.9. The Morgan fingerprint density at radius 1 is 1.03 bits per heavy atom. The molecule has 178 valence electrons. The van der Waals surface area contributed by atoms with Crippen LogP contribution in [-0.2, 0) is 4.79 Å². The van der Waals surface area contributed by atoms with Crippen molar-refractivity contribution in [1.29, 1.82) is 0 Å². The second-order valence-corrected chi connectivity index (χ2v) is 8.67. The highest BCUT2D eigenvalue weighted by Crippen LogP contribution is 2.36. The van der Waals surface area contributed by atoms with Crippen LogP contribution >= 0.6 is 28.1 Å². The van der Waals surface area contributed by atoms with Crippen LogP contribution in [0.1, 0.15) is 36.5 Å². The summed E-state index contributed by atoms with van der Waals surface area (Å²) in [5.74, 6) is 0.416. The predicted octanol–water partition coefficient (Wildman–Crippen LogP) is 5.88. The molecule has 0 aliphatic carbocycles. The van der Waals surface area contributed by atoms with E-state index in [2.05, 4.69) is 31.9 Å². The van der Waals surface area contributed by atoms with Gasteiger partial charge >= 0.3 is 0 Å². The number of rotatable bonds is 8. The molecule has 0 aliphatic heterocycles. The second kappa shape index (κ2) is 11.8. The zero-order chi connectivity index (χ0) is 24.7. The highest BCUT2D eigenvalue weighted by molar-refractivity contribution is 9.10. The van der Waals surface area contributed by atoms with Crippen molar-refractivity contribution in [3.8, 4) is 11.5 Å². The third-order valence-corrected chi connectivity index (χ3v) is 6.10. The van der Waals surface area contributed by atoms with Crippen LogP contribution in [0.15, 0.2) is 53.0 Å². The number of halogens is 1. The van der Waals surface area contributed by atoms with E-state index in [0.717, 1.165) is 23.6 Å². The van der Waals surface area contributed by atoms with Gasteiger partial charge in [-0.15, -0.1) is 0 Å². The summed E-state index contributed by atoms with van der Waals surface area (Å²) < 4.78 is 11.6. The van der Waals surface area contributed by atoms with Gasteiger partial charge in [0.05, 0.1) is 29.9 Å². The first-order chi connectivity index (χ1) is 16.4. The Bertz CT molecular complexity index is 1230. The van der Waals surface area contributed by atoms with Gasteiger partial charge in [0.15, 0.2) is 5.11 Å². The fourth-order valence-electron chi connectivity index (χ4n) is 3.41. The van der Waals surface area contributed by atoms with E-state index in [1.165, 1.54) is 14.2 Å². The number of fused-ring (bicyclic) bond motifs is 1. The zero-order valence-electron chi connectivity index (χ0n) is 19.2. The summed E-state index contributed by atoms with van der Waals surface area (Å²) in [7, 11) is 3.03. The summed E-state index contributed by atoms with van der Waals surface area (Å²) in [5, 5.41) is 10.4. The van der Waals surface area contributed by atoms with Crippen molar-refractivity contribution < 1.29 is 19.1 Å². The SMILES string of the molecule is CCCCC(=O)Nc1ccc(NC(=S)NC(=O)c2cc3ccccc3c(Br)c2OC)cc1OC.